The van der Waals surface area contributed by atoms with Gasteiger partial charge in [0.05, 0.1) is 0 Å². The van der Waals surface area contributed by atoms with Crippen LogP contribution >= 0.6 is 0 Å². The van der Waals surface area contributed by atoms with Gasteiger partial charge < -0.3 is 15.8 Å². The zero-order valence-electron chi connectivity index (χ0n) is 11.6. The van der Waals surface area contributed by atoms with Crippen LogP contribution in [0.5, 0.6) is 0 Å². The van der Waals surface area contributed by atoms with Crippen LogP contribution in [0.1, 0.15) is 6.92 Å². The first-order valence-electron chi connectivity index (χ1n) is 6.11. The van der Waals surface area contributed by atoms with E-state index in [-0.39, 0.29) is 19.2 Å². The van der Waals surface area contributed by atoms with Crippen LogP contribution in [0.3, 0.4) is 0 Å². The van der Waals surface area contributed by atoms with Gasteiger partial charge in [0.15, 0.2) is 0 Å². The maximum absolute atomic E-state index is 12.0. The molecular weight excluding hydrogens is 250 g/mol. The van der Waals surface area contributed by atoms with Crippen LogP contribution in [-0.2, 0) is 9.53 Å². The number of nitrogens with one attached hydrogen (secondary N) is 1. The molecule has 0 radical (unpaired) electrons. The van der Waals surface area contributed by atoms with Gasteiger partial charge in [-0.1, -0.05) is 19.6 Å². The number of amides is 3. The highest BCUT2D eigenvalue weighted by atomic mass is 28.3. The molecule has 3 N–H and O–H groups in total. The Kier molecular flexibility index (Phi) is 4.52. The average Bonchev–Trinajstić information content (AvgIpc) is 2.46. The van der Waals surface area contributed by atoms with Gasteiger partial charge in [0.25, 0.3) is 5.91 Å². The minimum absolute atomic E-state index is 0.00470. The summed E-state index contributed by atoms with van der Waals surface area (Å²) in [6, 6.07) is 0.575. The molecular formula is C11H23N3O3Si. The van der Waals surface area contributed by atoms with Crippen molar-refractivity contribution in [3.8, 4) is 0 Å². The molecule has 1 atom stereocenters. The molecule has 0 aromatic heterocycles. The largest absolute Gasteiger partial charge is 0.361 e. The van der Waals surface area contributed by atoms with E-state index in [1.54, 1.807) is 6.92 Å². The van der Waals surface area contributed by atoms with Crippen molar-refractivity contribution in [1.29, 1.82) is 0 Å². The lowest BCUT2D eigenvalue weighted by atomic mass is 10.0. The topological polar surface area (TPSA) is 84.7 Å². The Labute approximate surface area is 109 Å². The molecule has 0 spiro atoms. The van der Waals surface area contributed by atoms with Crippen molar-refractivity contribution in [2.75, 3.05) is 19.9 Å². The minimum atomic E-state index is -1.15. The predicted molar refractivity (Wildman–Crippen MR) is 71.8 cm³/mol. The van der Waals surface area contributed by atoms with Gasteiger partial charge in [-0.15, -0.1) is 0 Å². The molecule has 6 nitrogen and oxygen atoms in total. The molecule has 104 valence electrons. The summed E-state index contributed by atoms with van der Waals surface area (Å²) >= 11 is 0. The van der Waals surface area contributed by atoms with Crippen molar-refractivity contribution < 1.29 is 14.3 Å². The number of nitrogens with two attached hydrogens (primary N) is 1. The quantitative estimate of drug-likeness (QED) is 0.421. The van der Waals surface area contributed by atoms with E-state index < -0.39 is 19.6 Å². The van der Waals surface area contributed by atoms with Crippen molar-refractivity contribution in [1.82, 2.24) is 10.2 Å². The summed E-state index contributed by atoms with van der Waals surface area (Å²) in [6.45, 7) is 9.02. The van der Waals surface area contributed by atoms with E-state index >= 15 is 0 Å². The van der Waals surface area contributed by atoms with Crippen LogP contribution in [0.25, 0.3) is 0 Å². The van der Waals surface area contributed by atoms with Crippen molar-refractivity contribution in [2.24, 2.45) is 5.73 Å². The number of nitrogens with zero attached hydrogens (tertiary/aromatic N) is 1. The molecule has 18 heavy (non-hydrogen) atoms. The third-order valence-electron chi connectivity index (χ3n) is 2.97. The molecule has 1 heterocycles. The molecule has 1 rings (SSSR count). The Hall–Kier alpha value is -0.923. The summed E-state index contributed by atoms with van der Waals surface area (Å²) in [5.41, 5.74) is 4.51. The first-order chi connectivity index (χ1) is 8.19. The molecule has 0 aliphatic carbocycles. The van der Waals surface area contributed by atoms with E-state index in [1.165, 1.54) is 0 Å². The highest BCUT2D eigenvalue weighted by Gasteiger charge is 2.46. The van der Waals surface area contributed by atoms with Crippen molar-refractivity contribution in [3.63, 3.8) is 0 Å². The molecule has 1 unspecified atom stereocenters. The lowest BCUT2D eigenvalue weighted by Gasteiger charge is -2.20. The van der Waals surface area contributed by atoms with Gasteiger partial charge in [0.1, 0.15) is 12.3 Å². The maximum Gasteiger partial charge on any atom is 0.326 e. The van der Waals surface area contributed by atoms with E-state index in [0.29, 0.717) is 6.61 Å². The van der Waals surface area contributed by atoms with Gasteiger partial charge in [-0.05, 0) is 13.0 Å². The van der Waals surface area contributed by atoms with Crippen LogP contribution in [-0.4, -0.2) is 50.3 Å². The Balaban J connectivity index is 2.44. The second-order valence-electron chi connectivity index (χ2n) is 6.05. The normalized spacial score (nSPS) is 24.6. The Bertz CT molecular complexity index is 343. The zero-order valence-corrected chi connectivity index (χ0v) is 12.6. The van der Waals surface area contributed by atoms with E-state index in [0.717, 1.165) is 10.9 Å². The molecule has 0 aromatic rings. The third-order valence-corrected chi connectivity index (χ3v) is 4.67. The summed E-state index contributed by atoms with van der Waals surface area (Å²) in [5, 5.41) is 2.58. The highest BCUT2D eigenvalue weighted by Crippen LogP contribution is 2.16. The maximum atomic E-state index is 12.0. The van der Waals surface area contributed by atoms with E-state index in [9.17, 15) is 9.59 Å². The Morgan fingerprint density at radius 3 is 2.44 bits per heavy atom. The first kappa shape index (κ1) is 15.1. The lowest BCUT2D eigenvalue weighted by Crippen LogP contribution is -2.50. The molecule has 0 bridgehead atoms. The van der Waals surface area contributed by atoms with Gasteiger partial charge in [0, 0.05) is 21.2 Å². The number of ether oxygens (including phenoxy) is 1. The van der Waals surface area contributed by atoms with Crippen LogP contribution in [0.4, 0.5) is 4.79 Å². The number of hydrogen-bond acceptors (Lipinski definition) is 4. The zero-order chi connectivity index (χ0) is 14.0. The first-order valence-corrected chi connectivity index (χ1v) is 9.82. The fraction of sp³-hybridized carbons (Fsp3) is 0.818. The standard InChI is InChI=1S/C11H23N3O3Si/c1-11(7-12)9(15)14(10(16)13-11)8-17-5-6-18(2,3)4/h5-8,12H2,1-4H3,(H,13,16). The van der Waals surface area contributed by atoms with E-state index in [4.69, 9.17) is 10.5 Å². The molecule has 1 aliphatic rings. The fourth-order valence-corrected chi connectivity index (χ4v) is 2.29. The second-order valence-corrected chi connectivity index (χ2v) is 11.7. The molecule has 1 fully saturated rings. The number of carbonyl (C=O) groups is 2. The van der Waals surface area contributed by atoms with Crippen molar-refractivity contribution >= 4 is 20.0 Å². The second kappa shape index (κ2) is 5.37. The molecule has 0 saturated carbocycles. The number of imide groups is 1. The average molecular weight is 273 g/mol. The lowest BCUT2D eigenvalue weighted by molar-refractivity contribution is -0.134. The molecule has 1 saturated heterocycles. The summed E-state index contributed by atoms with van der Waals surface area (Å²) in [6.07, 6.45) is 0. The number of urea groups is 1. The number of hydrogen-bond donors (Lipinski definition) is 2. The monoisotopic (exact) mass is 273 g/mol. The van der Waals surface area contributed by atoms with Gasteiger partial charge in [-0.2, -0.15) is 0 Å². The molecule has 0 aromatic carbocycles. The van der Waals surface area contributed by atoms with Gasteiger partial charge in [-0.3, -0.25) is 4.79 Å². The summed E-state index contributed by atoms with van der Waals surface area (Å²) < 4.78 is 5.41. The fourth-order valence-electron chi connectivity index (χ4n) is 1.54. The molecule has 7 heteroatoms. The third kappa shape index (κ3) is 3.53. The van der Waals surface area contributed by atoms with Crippen molar-refractivity contribution in [3.05, 3.63) is 0 Å². The van der Waals surface area contributed by atoms with Gasteiger partial charge >= 0.3 is 6.03 Å². The summed E-state index contributed by atoms with van der Waals surface area (Å²) in [5.74, 6) is -0.317. The Morgan fingerprint density at radius 1 is 1.39 bits per heavy atom. The highest BCUT2D eigenvalue weighted by molar-refractivity contribution is 6.76. The minimum Gasteiger partial charge on any atom is -0.361 e. The van der Waals surface area contributed by atoms with Crippen molar-refractivity contribution in [2.45, 2.75) is 38.1 Å². The Morgan fingerprint density at radius 2 is 2.00 bits per heavy atom. The smallest absolute Gasteiger partial charge is 0.326 e. The van der Waals surface area contributed by atoms with Crippen LogP contribution in [0.2, 0.25) is 25.7 Å². The van der Waals surface area contributed by atoms with E-state index in [2.05, 4.69) is 25.0 Å². The van der Waals surface area contributed by atoms with Gasteiger partial charge in [0.2, 0.25) is 0 Å². The van der Waals surface area contributed by atoms with Crippen LogP contribution in [0.15, 0.2) is 0 Å². The molecule has 3 amide bonds. The predicted octanol–water partition coefficient (Wildman–Crippen LogP) is 0.568. The summed E-state index contributed by atoms with van der Waals surface area (Å²) in [7, 11) is -1.15. The van der Waals surface area contributed by atoms with E-state index in [1.807, 2.05) is 0 Å². The number of rotatable bonds is 6. The molecule has 1 aliphatic heterocycles. The van der Waals surface area contributed by atoms with Gasteiger partial charge in [-0.25, -0.2) is 9.69 Å². The van der Waals surface area contributed by atoms with Crippen LogP contribution in [0, 0.1) is 0 Å². The summed E-state index contributed by atoms with van der Waals surface area (Å²) in [4.78, 5) is 24.6. The van der Waals surface area contributed by atoms with Crippen LogP contribution < -0.4 is 11.1 Å². The number of carbonyl (C=O) groups excluding carboxylic acids is 2. The SMILES string of the molecule is CC1(CN)NC(=O)N(COCC[Si](C)(C)C)C1=O.